The molecule has 4 aromatic rings. The number of nitrogens with one attached hydrogen (secondary N) is 1. The van der Waals surface area contributed by atoms with Gasteiger partial charge < -0.3 is 5.32 Å². The largest absolute Gasteiger partial charge is 0.323 e. The fraction of sp³-hybridized carbons (Fsp3) is 0.0476. The second kappa shape index (κ2) is 8.00. The van der Waals surface area contributed by atoms with Gasteiger partial charge in [0, 0.05) is 5.69 Å². The number of nitrogens with zero attached hydrogens (tertiary/aromatic N) is 2. The second-order valence-corrected chi connectivity index (χ2v) is 7.06. The van der Waals surface area contributed by atoms with Crippen molar-refractivity contribution in [3.8, 4) is 5.69 Å². The summed E-state index contributed by atoms with van der Waals surface area (Å²) in [6.07, 6.45) is 0. The van der Waals surface area contributed by atoms with E-state index >= 15 is 0 Å². The summed E-state index contributed by atoms with van der Waals surface area (Å²) in [6, 6.07) is 18.9. The van der Waals surface area contributed by atoms with Crippen LogP contribution < -0.4 is 5.32 Å². The molecule has 0 aliphatic rings. The Morgan fingerprint density at radius 2 is 1.66 bits per heavy atom. The molecule has 1 N–H and O–H groups in total. The molecule has 1 amide bonds. The van der Waals surface area contributed by atoms with Crippen LogP contribution in [0, 0.1) is 17.5 Å². The average molecular weight is 413 g/mol. The summed E-state index contributed by atoms with van der Waals surface area (Å²) in [7, 11) is 0. The number of hydrogen-bond donors (Lipinski definition) is 1. The van der Waals surface area contributed by atoms with E-state index in [4.69, 9.17) is 0 Å². The molecular formula is C21H14F3N3OS. The van der Waals surface area contributed by atoms with Crippen molar-refractivity contribution in [2.45, 2.75) is 5.16 Å². The predicted molar refractivity (Wildman–Crippen MR) is 107 cm³/mol. The molecule has 1 heterocycles. The van der Waals surface area contributed by atoms with Gasteiger partial charge in [0.2, 0.25) is 5.91 Å². The third kappa shape index (κ3) is 3.84. The maximum Gasteiger partial charge on any atom is 0.234 e. The Kier molecular flexibility index (Phi) is 5.26. The number of carbonyl (C=O) groups excluding carboxylic acids is 1. The summed E-state index contributed by atoms with van der Waals surface area (Å²) in [5, 5.41) is 2.84. The number of imidazole rings is 1. The molecule has 0 atom stereocenters. The summed E-state index contributed by atoms with van der Waals surface area (Å²) < 4.78 is 42.0. The lowest BCUT2D eigenvalue weighted by atomic mass is 10.3. The van der Waals surface area contributed by atoms with Gasteiger partial charge in [-0.05, 0) is 36.4 Å². The van der Waals surface area contributed by atoms with Gasteiger partial charge in [-0.25, -0.2) is 18.2 Å². The first-order valence-electron chi connectivity index (χ1n) is 8.63. The molecule has 0 unspecified atom stereocenters. The molecule has 146 valence electrons. The Morgan fingerprint density at radius 3 is 2.45 bits per heavy atom. The topological polar surface area (TPSA) is 46.9 Å². The van der Waals surface area contributed by atoms with E-state index in [1.807, 2.05) is 59.2 Å². The molecule has 4 nitrogen and oxygen atoms in total. The van der Waals surface area contributed by atoms with Crippen LogP contribution >= 0.6 is 11.8 Å². The first kappa shape index (κ1) is 19.1. The predicted octanol–water partition coefficient (Wildman–Crippen LogP) is 5.17. The number of aromatic nitrogens is 2. The molecule has 1 aromatic heterocycles. The number of amides is 1. The van der Waals surface area contributed by atoms with E-state index in [1.165, 1.54) is 0 Å². The quantitative estimate of drug-likeness (QED) is 0.363. The van der Waals surface area contributed by atoms with Crippen LogP contribution in [0.4, 0.5) is 18.9 Å². The third-order valence-electron chi connectivity index (χ3n) is 4.19. The molecule has 0 bridgehead atoms. The van der Waals surface area contributed by atoms with E-state index in [0.717, 1.165) is 40.6 Å². The second-order valence-electron chi connectivity index (χ2n) is 6.11. The Morgan fingerprint density at radius 1 is 0.931 bits per heavy atom. The first-order chi connectivity index (χ1) is 14.0. The van der Waals surface area contributed by atoms with Gasteiger partial charge in [-0.15, -0.1) is 0 Å². The minimum atomic E-state index is -1.62. The van der Waals surface area contributed by atoms with E-state index in [2.05, 4.69) is 10.3 Å². The van der Waals surface area contributed by atoms with Crippen molar-refractivity contribution in [1.29, 1.82) is 0 Å². The molecular weight excluding hydrogens is 399 g/mol. The number of hydrogen-bond acceptors (Lipinski definition) is 3. The van der Waals surface area contributed by atoms with Crippen LogP contribution in [-0.2, 0) is 4.79 Å². The number of halogens is 3. The average Bonchev–Trinajstić information content (AvgIpc) is 3.12. The van der Waals surface area contributed by atoms with E-state index < -0.39 is 29.0 Å². The molecule has 0 saturated heterocycles. The molecule has 0 spiro atoms. The minimum absolute atomic E-state index is 0.0887. The van der Waals surface area contributed by atoms with E-state index in [1.54, 1.807) is 0 Å². The monoisotopic (exact) mass is 413 g/mol. The molecule has 29 heavy (non-hydrogen) atoms. The van der Waals surface area contributed by atoms with Crippen molar-refractivity contribution in [1.82, 2.24) is 9.55 Å². The third-order valence-corrected chi connectivity index (χ3v) is 5.12. The van der Waals surface area contributed by atoms with Gasteiger partial charge in [-0.2, -0.15) is 0 Å². The summed E-state index contributed by atoms with van der Waals surface area (Å²) in [5.41, 5.74) is 2.13. The Bertz CT molecular complexity index is 1190. The highest BCUT2D eigenvalue weighted by Gasteiger charge is 2.17. The molecule has 8 heteroatoms. The standard InChI is InChI=1S/C21H14F3N3OS/c22-14-10-11-16(20(24)19(14)23)25-18(28)12-29-21-26-15-8-4-5-9-17(15)27(21)13-6-2-1-3-7-13/h1-11H,12H2,(H,25,28). The van der Waals surface area contributed by atoms with Crippen LogP contribution in [0.25, 0.3) is 16.7 Å². The number of thioether (sulfide) groups is 1. The molecule has 3 aromatic carbocycles. The Balaban J connectivity index is 1.57. The lowest BCUT2D eigenvalue weighted by molar-refractivity contribution is -0.113. The van der Waals surface area contributed by atoms with Crippen LogP contribution in [0.5, 0.6) is 0 Å². The smallest absolute Gasteiger partial charge is 0.234 e. The van der Waals surface area contributed by atoms with Crippen molar-refractivity contribution in [2.24, 2.45) is 0 Å². The Hall–Kier alpha value is -3.26. The fourth-order valence-electron chi connectivity index (χ4n) is 2.87. The van der Waals surface area contributed by atoms with E-state index in [0.29, 0.717) is 5.16 Å². The zero-order chi connectivity index (χ0) is 20.4. The zero-order valence-electron chi connectivity index (χ0n) is 14.9. The van der Waals surface area contributed by atoms with Gasteiger partial charge in [-0.3, -0.25) is 9.36 Å². The van der Waals surface area contributed by atoms with Crippen molar-refractivity contribution >= 4 is 34.4 Å². The summed E-state index contributed by atoms with van der Waals surface area (Å²) >= 11 is 1.16. The van der Waals surface area contributed by atoms with Gasteiger partial charge in [0.15, 0.2) is 22.6 Å². The van der Waals surface area contributed by atoms with Crippen molar-refractivity contribution < 1.29 is 18.0 Å². The van der Waals surface area contributed by atoms with Gasteiger partial charge in [0.05, 0.1) is 22.5 Å². The number of fused-ring (bicyclic) bond motifs is 1. The normalized spacial score (nSPS) is 11.0. The summed E-state index contributed by atoms with van der Waals surface area (Å²) in [5.74, 6) is -5.02. The van der Waals surface area contributed by atoms with Crippen LogP contribution in [0.15, 0.2) is 71.9 Å². The number of para-hydroxylation sites is 3. The van der Waals surface area contributed by atoms with Crippen molar-refractivity contribution in [3.63, 3.8) is 0 Å². The Labute approximate surface area is 168 Å². The maximum absolute atomic E-state index is 13.8. The molecule has 0 aliphatic carbocycles. The molecule has 0 saturated carbocycles. The highest BCUT2D eigenvalue weighted by molar-refractivity contribution is 7.99. The number of anilines is 1. The molecule has 0 fully saturated rings. The fourth-order valence-corrected chi connectivity index (χ4v) is 3.69. The van der Waals surface area contributed by atoms with Gasteiger partial charge in [0.1, 0.15) is 0 Å². The van der Waals surface area contributed by atoms with Crippen LogP contribution in [0.1, 0.15) is 0 Å². The minimum Gasteiger partial charge on any atom is -0.323 e. The van der Waals surface area contributed by atoms with Crippen LogP contribution in [0.2, 0.25) is 0 Å². The van der Waals surface area contributed by atoms with E-state index in [-0.39, 0.29) is 5.75 Å². The van der Waals surface area contributed by atoms with Crippen LogP contribution in [0.3, 0.4) is 0 Å². The van der Waals surface area contributed by atoms with Crippen LogP contribution in [-0.4, -0.2) is 21.2 Å². The lowest BCUT2D eigenvalue weighted by Crippen LogP contribution is -2.16. The molecule has 0 radical (unpaired) electrons. The maximum atomic E-state index is 13.8. The van der Waals surface area contributed by atoms with Crippen molar-refractivity contribution in [2.75, 3.05) is 11.1 Å². The summed E-state index contributed by atoms with van der Waals surface area (Å²) in [4.78, 5) is 16.8. The van der Waals surface area contributed by atoms with Gasteiger partial charge in [0.25, 0.3) is 0 Å². The van der Waals surface area contributed by atoms with Gasteiger partial charge in [-0.1, -0.05) is 42.1 Å². The lowest BCUT2D eigenvalue weighted by Gasteiger charge is -2.10. The highest BCUT2D eigenvalue weighted by atomic mass is 32.2. The van der Waals surface area contributed by atoms with Gasteiger partial charge >= 0.3 is 0 Å². The number of benzene rings is 3. The van der Waals surface area contributed by atoms with E-state index in [9.17, 15) is 18.0 Å². The SMILES string of the molecule is O=C(CSc1nc2ccccc2n1-c1ccccc1)Nc1ccc(F)c(F)c1F. The number of rotatable bonds is 5. The molecule has 0 aliphatic heterocycles. The highest BCUT2D eigenvalue weighted by Crippen LogP contribution is 2.28. The first-order valence-corrected chi connectivity index (χ1v) is 9.62. The zero-order valence-corrected chi connectivity index (χ0v) is 15.7. The molecule has 4 rings (SSSR count). The summed E-state index contributed by atoms with van der Waals surface area (Å²) in [6.45, 7) is 0. The number of carbonyl (C=O) groups is 1. The van der Waals surface area contributed by atoms with Crippen molar-refractivity contribution in [3.05, 3.63) is 84.2 Å².